The molecule has 0 aliphatic heterocycles. The van der Waals surface area contributed by atoms with Gasteiger partial charge in [0.25, 0.3) is 5.69 Å². The minimum atomic E-state index is -0.429. The number of aromatic nitrogens is 1. The van der Waals surface area contributed by atoms with Crippen molar-refractivity contribution in [2.75, 3.05) is 6.54 Å². The molecule has 110 valence electrons. The number of carbonyl (C=O) groups excluding carboxylic acids is 1. The molecule has 1 heterocycles. The van der Waals surface area contributed by atoms with Crippen molar-refractivity contribution in [2.24, 2.45) is 0 Å². The molecule has 0 unspecified atom stereocenters. The largest absolute Gasteiger partial charge is 0.365 e. The third-order valence-corrected chi connectivity index (χ3v) is 3.34. The second kappa shape index (κ2) is 6.69. The first-order valence-electron chi connectivity index (χ1n) is 6.70. The summed E-state index contributed by atoms with van der Waals surface area (Å²) in [6.07, 6.45) is 2.72. The Kier molecular flexibility index (Phi) is 4.71. The van der Waals surface area contributed by atoms with E-state index in [-0.39, 0.29) is 18.0 Å². The molecule has 0 saturated heterocycles. The number of hydrogen-bond acceptors (Lipinski definition) is 3. The summed E-state index contributed by atoms with van der Waals surface area (Å²) in [7, 11) is 0. The summed E-state index contributed by atoms with van der Waals surface area (Å²) in [6.45, 7) is 2.20. The van der Waals surface area contributed by atoms with E-state index in [9.17, 15) is 14.9 Å². The lowest BCUT2D eigenvalue weighted by atomic mass is 10.0. The van der Waals surface area contributed by atoms with E-state index in [1.165, 1.54) is 6.07 Å². The number of nitrogens with zero attached hydrogens (tertiary/aromatic N) is 1. The van der Waals surface area contributed by atoms with E-state index in [2.05, 4.69) is 10.3 Å². The van der Waals surface area contributed by atoms with Gasteiger partial charge in [-0.1, -0.05) is 12.1 Å². The number of hydrogen-bond donors (Lipinski definition) is 2. The van der Waals surface area contributed by atoms with Gasteiger partial charge in [-0.15, -0.1) is 0 Å². The van der Waals surface area contributed by atoms with Crippen molar-refractivity contribution in [3.63, 3.8) is 0 Å². The molecule has 6 heteroatoms. The van der Waals surface area contributed by atoms with Crippen LogP contribution < -0.4 is 5.32 Å². The lowest BCUT2D eigenvalue weighted by Crippen LogP contribution is -2.27. The highest BCUT2D eigenvalue weighted by Gasteiger charge is 2.14. The molecule has 1 aromatic heterocycles. The van der Waals surface area contributed by atoms with Crippen LogP contribution in [0.25, 0.3) is 0 Å². The molecule has 2 rings (SSSR count). The predicted molar refractivity (Wildman–Crippen MR) is 79.0 cm³/mol. The Morgan fingerprint density at radius 1 is 1.33 bits per heavy atom. The third-order valence-electron chi connectivity index (χ3n) is 3.34. The van der Waals surface area contributed by atoms with Gasteiger partial charge in [0.05, 0.1) is 11.3 Å². The highest BCUT2D eigenvalue weighted by Crippen LogP contribution is 2.21. The van der Waals surface area contributed by atoms with Crippen LogP contribution in [0.3, 0.4) is 0 Å². The summed E-state index contributed by atoms with van der Waals surface area (Å²) in [5, 5.41) is 13.7. The summed E-state index contributed by atoms with van der Waals surface area (Å²) in [6, 6.07) is 8.65. The Bertz CT molecular complexity index is 636. The van der Waals surface area contributed by atoms with Crippen molar-refractivity contribution in [3.05, 3.63) is 63.5 Å². The van der Waals surface area contributed by atoms with Gasteiger partial charge in [0, 0.05) is 36.5 Å². The third kappa shape index (κ3) is 3.92. The number of H-pyrrole nitrogens is 1. The zero-order valence-corrected chi connectivity index (χ0v) is 11.8. The minimum Gasteiger partial charge on any atom is -0.365 e. The molecule has 0 bridgehead atoms. The van der Waals surface area contributed by atoms with E-state index in [4.69, 9.17) is 0 Å². The van der Waals surface area contributed by atoms with E-state index in [0.717, 1.165) is 12.1 Å². The van der Waals surface area contributed by atoms with E-state index in [1.807, 2.05) is 18.3 Å². The Balaban J connectivity index is 1.90. The Morgan fingerprint density at radius 3 is 2.81 bits per heavy atom. The van der Waals surface area contributed by atoms with Gasteiger partial charge in [0.1, 0.15) is 0 Å². The van der Waals surface area contributed by atoms with Crippen LogP contribution in [-0.2, 0) is 17.6 Å². The van der Waals surface area contributed by atoms with Crippen molar-refractivity contribution < 1.29 is 9.72 Å². The van der Waals surface area contributed by atoms with Crippen LogP contribution in [0.4, 0.5) is 5.69 Å². The number of nitro benzene ring substituents is 1. The fraction of sp³-hybridized carbons (Fsp3) is 0.267. The first-order chi connectivity index (χ1) is 10.1. The van der Waals surface area contributed by atoms with Gasteiger partial charge >= 0.3 is 0 Å². The van der Waals surface area contributed by atoms with Crippen LogP contribution in [0.15, 0.2) is 36.5 Å². The fourth-order valence-corrected chi connectivity index (χ4v) is 2.15. The second-order valence-electron chi connectivity index (χ2n) is 4.79. The maximum Gasteiger partial charge on any atom is 0.272 e. The van der Waals surface area contributed by atoms with Crippen LogP contribution >= 0.6 is 0 Å². The van der Waals surface area contributed by atoms with Gasteiger partial charge in [-0.25, -0.2) is 0 Å². The molecular formula is C15H17N3O3. The number of amides is 1. The summed E-state index contributed by atoms with van der Waals surface area (Å²) < 4.78 is 0. The van der Waals surface area contributed by atoms with Crippen LogP contribution in [0, 0.1) is 17.0 Å². The normalized spacial score (nSPS) is 10.3. The molecule has 0 saturated carbocycles. The van der Waals surface area contributed by atoms with Gasteiger partial charge in [-0.05, 0) is 24.6 Å². The lowest BCUT2D eigenvalue weighted by Gasteiger charge is -2.07. The molecule has 0 aliphatic carbocycles. The number of nitro groups is 1. The zero-order chi connectivity index (χ0) is 15.2. The first-order valence-corrected chi connectivity index (χ1v) is 6.70. The van der Waals surface area contributed by atoms with Gasteiger partial charge < -0.3 is 10.3 Å². The van der Waals surface area contributed by atoms with E-state index in [1.54, 1.807) is 19.1 Å². The average molecular weight is 287 g/mol. The highest BCUT2D eigenvalue weighted by atomic mass is 16.6. The second-order valence-corrected chi connectivity index (χ2v) is 4.79. The first kappa shape index (κ1) is 14.8. The summed E-state index contributed by atoms with van der Waals surface area (Å²) in [4.78, 5) is 25.4. The van der Waals surface area contributed by atoms with Crippen molar-refractivity contribution in [3.8, 4) is 0 Å². The minimum absolute atomic E-state index is 0.0479. The molecule has 0 spiro atoms. The van der Waals surface area contributed by atoms with Gasteiger partial charge in [0.15, 0.2) is 0 Å². The maximum absolute atomic E-state index is 11.9. The van der Waals surface area contributed by atoms with Gasteiger partial charge in [-0.2, -0.15) is 0 Å². The predicted octanol–water partition coefficient (Wildman–Crippen LogP) is 2.13. The van der Waals surface area contributed by atoms with Crippen LogP contribution in [-0.4, -0.2) is 22.4 Å². The van der Waals surface area contributed by atoms with E-state index in [0.29, 0.717) is 17.7 Å². The van der Waals surface area contributed by atoms with Gasteiger partial charge in [-0.3, -0.25) is 14.9 Å². The quantitative estimate of drug-likeness (QED) is 0.630. The lowest BCUT2D eigenvalue weighted by molar-refractivity contribution is -0.385. The average Bonchev–Trinajstić information content (AvgIpc) is 2.94. The number of nitrogens with one attached hydrogen (secondary N) is 2. The van der Waals surface area contributed by atoms with Crippen molar-refractivity contribution in [1.82, 2.24) is 10.3 Å². The summed E-state index contributed by atoms with van der Waals surface area (Å²) in [5.41, 5.74) is 2.33. The number of benzene rings is 1. The van der Waals surface area contributed by atoms with Crippen molar-refractivity contribution >= 4 is 11.6 Å². The van der Waals surface area contributed by atoms with Gasteiger partial charge in [0.2, 0.25) is 5.91 Å². The fourth-order valence-electron chi connectivity index (χ4n) is 2.15. The Labute approximate surface area is 122 Å². The van der Waals surface area contributed by atoms with Crippen LogP contribution in [0.2, 0.25) is 0 Å². The molecule has 2 aromatic rings. The standard InChI is InChI=1S/C15H17N3O3/c1-11-12(4-2-6-14(11)18(20)21)10-15(19)17-9-7-13-5-3-8-16-13/h2-6,8,16H,7,9-10H2,1H3,(H,17,19). The highest BCUT2D eigenvalue weighted by molar-refractivity contribution is 5.79. The molecule has 0 radical (unpaired) electrons. The molecular weight excluding hydrogens is 270 g/mol. The summed E-state index contributed by atoms with van der Waals surface area (Å²) in [5.74, 6) is -0.134. The molecule has 6 nitrogen and oxygen atoms in total. The van der Waals surface area contributed by atoms with Crippen LogP contribution in [0.5, 0.6) is 0 Å². The summed E-state index contributed by atoms with van der Waals surface area (Å²) >= 11 is 0. The SMILES string of the molecule is Cc1c(CC(=O)NCCc2ccc[nH]2)cccc1[N+](=O)[O-]. The Morgan fingerprint density at radius 2 is 2.14 bits per heavy atom. The molecule has 2 N–H and O–H groups in total. The number of rotatable bonds is 6. The molecule has 1 amide bonds. The van der Waals surface area contributed by atoms with Crippen molar-refractivity contribution in [2.45, 2.75) is 19.8 Å². The molecule has 0 aliphatic rings. The molecule has 1 aromatic carbocycles. The van der Waals surface area contributed by atoms with E-state index >= 15 is 0 Å². The molecule has 0 atom stereocenters. The number of carbonyl (C=O) groups is 1. The molecule has 21 heavy (non-hydrogen) atoms. The Hall–Kier alpha value is -2.63. The zero-order valence-electron chi connectivity index (χ0n) is 11.8. The smallest absolute Gasteiger partial charge is 0.272 e. The monoisotopic (exact) mass is 287 g/mol. The number of aromatic amines is 1. The van der Waals surface area contributed by atoms with Crippen LogP contribution in [0.1, 0.15) is 16.8 Å². The molecule has 0 fully saturated rings. The maximum atomic E-state index is 11.9. The van der Waals surface area contributed by atoms with E-state index < -0.39 is 4.92 Å². The van der Waals surface area contributed by atoms with Crippen molar-refractivity contribution in [1.29, 1.82) is 0 Å². The topological polar surface area (TPSA) is 88.0 Å².